The standard InChI is InChI=1S/C13H19BrN2/c1-16-8-2-3-11(9-15)13(16)10-4-6-12(14)7-5-10/h4-7,11,13H,2-3,8-9,15H2,1H3. The molecule has 0 bridgehead atoms. The van der Waals surface area contributed by atoms with Crippen LogP contribution < -0.4 is 5.73 Å². The van der Waals surface area contributed by atoms with Gasteiger partial charge < -0.3 is 5.73 Å². The molecule has 0 radical (unpaired) electrons. The number of likely N-dealkylation sites (tertiary alicyclic amines) is 1. The van der Waals surface area contributed by atoms with E-state index in [0.29, 0.717) is 12.0 Å². The molecule has 1 aliphatic heterocycles. The van der Waals surface area contributed by atoms with Crippen molar-refractivity contribution in [3.63, 3.8) is 0 Å². The van der Waals surface area contributed by atoms with Gasteiger partial charge in [-0.2, -0.15) is 0 Å². The number of piperidine rings is 1. The first kappa shape index (κ1) is 12.1. The van der Waals surface area contributed by atoms with Crippen molar-refractivity contribution in [1.82, 2.24) is 4.90 Å². The van der Waals surface area contributed by atoms with Gasteiger partial charge in [-0.15, -0.1) is 0 Å². The molecule has 1 aromatic rings. The van der Waals surface area contributed by atoms with E-state index in [0.717, 1.165) is 11.0 Å². The van der Waals surface area contributed by atoms with Crippen LogP contribution in [0.1, 0.15) is 24.4 Å². The number of hydrogen-bond acceptors (Lipinski definition) is 2. The third-order valence-corrected chi connectivity index (χ3v) is 4.05. The summed E-state index contributed by atoms with van der Waals surface area (Å²) < 4.78 is 1.14. The molecule has 88 valence electrons. The van der Waals surface area contributed by atoms with Crippen molar-refractivity contribution in [2.24, 2.45) is 11.7 Å². The summed E-state index contributed by atoms with van der Waals surface area (Å²) in [5, 5.41) is 0. The quantitative estimate of drug-likeness (QED) is 0.904. The Bertz CT molecular complexity index is 336. The lowest BCUT2D eigenvalue weighted by molar-refractivity contribution is 0.125. The van der Waals surface area contributed by atoms with Crippen LogP contribution in [0.2, 0.25) is 0 Å². The van der Waals surface area contributed by atoms with Gasteiger partial charge in [0.25, 0.3) is 0 Å². The van der Waals surface area contributed by atoms with Crippen molar-refractivity contribution in [3.8, 4) is 0 Å². The molecular weight excluding hydrogens is 264 g/mol. The summed E-state index contributed by atoms with van der Waals surface area (Å²) in [4.78, 5) is 2.43. The molecule has 1 fully saturated rings. The first-order chi connectivity index (χ1) is 7.72. The molecule has 2 N–H and O–H groups in total. The number of halogens is 1. The molecule has 0 spiro atoms. The van der Waals surface area contributed by atoms with Gasteiger partial charge in [0.2, 0.25) is 0 Å². The van der Waals surface area contributed by atoms with E-state index in [1.54, 1.807) is 0 Å². The second kappa shape index (κ2) is 5.30. The maximum atomic E-state index is 5.89. The summed E-state index contributed by atoms with van der Waals surface area (Å²) >= 11 is 3.48. The van der Waals surface area contributed by atoms with Crippen LogP contribution in [0.5, 0.6) is 0 Å². The third-order valence-electron chi connectivity index (χ3n) is 3.52. The highest BCUT2D eigenvalue weighted by Gasteiger charge is 2.29. The molecule has 16 heavy (non-hydrogen) atoms. The first-order valence-electron chi connectivity index (χ1n) is 5.88. The maximum absolute atomic E-state index is 5.89. The van der Waals surface area contributed by atoms with Gasteiger partial charge in [-0.25, -0.2) is 0 Å². The predicted molar refractivity (Wildman–Crippen MR) is 71.3 cm³/mol. The minimum absolute atomic E-state index is 0.492. The van der Waals surface area contributed by atoms with E-state index in [9.17, 15) is 0 Å². The molecule has 0 amide bonds. The van der Waals surface area contributed by atoms with Gasteiger partial charge in [0.1, 0.15) is 0 Å². The van der Waals surface area contributed by atoms with Crippen molar-refractivity contribution in [3.05, 3.63) is 34.3 Å². The Balaban J connectivity index is 2.24. The van der Waals surface area contributed by atoms with Gasteiger partial charge in [0.05, 0.1) is 0 Å². The minimum Gasteiger partial charge on any atom is -0.330 e. The average molecular weight is 283 g/mol. The van der Waals surface area contributed by atoms with E-state index < -0.39 is 0 Å². The number of nitrogens with two attached hydrogens (primary N) is 1. The van der Waals surface area contributed by atoms with E-state index in [1.165, 1.54) is 24.9 Å². The highest BCUT2D eigenvalue weighted by Crippen LogP contribution is 2.34. The summed E-state index contributed by atoms with van der Waals surface area (Å²) in [5.74, 6) is 0.597. The van der Waals surface area contributed by atoms with E-state index in [-0.39, 0.29) is 0 Å². The van der Waals surface area contributed by atoms with Crippen molar-refractivity contribution in [2.45, 2.75) is 18.9 Å². The molecule has 0 aromatic heterocycles. The zero-order chi connectivity index (χ0) is 11.5. The monoisotopic (exact) mass is 282 g/mol. The van der Waals surface area contributed by atoms with Crippen LogP contribution >= 0.6 is 15.9 Å². The number of rotatable bonds is 2. The van der Waals surface area contributed by atoms with E-state index in [2.05, 4.69) is 52.1 Å². The second-order valence-corrected chi connectivity index (χ2v) is 5.53. The van der Waals surface area contributed by atoms with Crippen LogP contribution in [0.4, 0.5) is 0 Å². The average Bonchev–Trinajstić information content (AvgIpc) is 2.30. The van der Waals surface area contributed by atoms with Crippen molar-refractivity contribution in [2.75, 3.05) is 20.1 Å². The van der Waals surface area contributed by atoms with Crippen LogP contribution in [0.25, 0.3) is 0 Å². The van der Waals surface area contributed by atoms with Crippen LogP contribution in [-0.2, 0) is 0 Å². The molecule has 2 unspecified atom stereocenters. The van der Waals surface area contributed by atoms with Crippen LogP contribution in [0, 0.1) is 5.92 Å². The Hall–Kier alpha value is -0.380. The Kier molecular flexibility index (Phi) is 4.00. The minimum atomic E-state index is 0.492. The SMILES string of the molecule is CN1CCCC(CN)C1c1ccc(Br)cc1. The van der Waals surface area contributed by atoms with Crippen LogP contribution in [0.3, 0.4) is 0 Å². The Morgan fingerprint density at radius 1 is 1.38 bits per heavy atom. The molecule has 0 saturated carbocycles. The highest BCUT2D eigenvalue weighted by molar-refractivity contribution is 9.10. The van der Waals surface area contributed by atoms with Crippen LogP contribution in [-0.4, -0.2) is 25.0 Å². The van der Waals surface area contributed by atoms with Crippen LogP contribution in [0.15, 0.2) is 28.7 Å². The number of benzene rings is 1. The summed E-state index contributed by atoms with van der Waals surface area (Å²) in [7, 11) is 2.20. The predicted octanol–water partition coefficient (Wildman–Crippen LogP) is 2.79. The molecule has 0 aliphatic carbocycles. The summed E-state index contributed by atoms with van der Waals surface area (Å²) in [6, 6.07) is 9.14. The lowest BCUT2D eigenvalue weighted by Crippen LogP contribution is -2.39. The molecule has 2 atom stereocenters. The van der Waals surface area contributed by atoms with E-state index in [4.69, 9.17) is 5.73 Å². The van der Waals surface area contributed by atoms with Crippen molar-refractivity contribution < 1.29 is 0 Å². The fraction of sp³-hybridized carbons (Fsp3) is 0.538. The van der Waals surface area contributed by atoms with E-state index in [1.807, 2.05) is 0 Å². The Labute approximate surface area is 106 Å². The summed E-state index contributed by atoms with van der Waals surface area (Å²) in [6.45, 7) is 1.96. The third kappa shape index (κ3) is 2.47. The fourth-order valence-corrected chi connectivity index (χ4v) is 2.96. The normalized spacial score (nSPS) is 26.9. The lowest BCUT2D eigenvalue weighted by atomic mass is 9.85. The number of hydrogen-bond donors (Lipinski definition) is 1. The van der Waals surface area contributed by atoms with E-state index >= 15 is 0 Å². The maximum Gasteiger partial charge on any atom is 0.0385 e. The van der Waals surface area contributed by atoms with Crippen molar-refractivity contribution >= 4 is 15.9 Å². The first-order valence-corrected chi connectivity index (χ1v) is 6.67. The summed E-state index contributed by atoms with van der Waals surface area (Å²) in [5.41, 5.74) is 7.28. The van der Waals surface area contributed by atoms with Gasteiger partial charge >= 0.3 is 0 Å². The fourth-order valence-electron chi connectivity index (χ4n) is 2.69. The van der Waals surface area contributed by atoms with Crippen molar-refractivity contribution in [1.29, 1.82) is 0 Å². The van der Waals surface area contributed by atoms with Gasteiger partial charge in [-0.05, 0) is 56.6 Å². The Morgan fingerprint density at radius 3 is 2.69 bits per heavy atom. The molecule has 2 rings (SSSR count). The zero-order valence-corrected chi connectivity index (χ0v) is 11.3. The molecule has 1 aliphatic rings. The molecule has 3 heteroatoms. The molecule has 2 nitrogen and oxygen atoms in total. The highest BCUT2D eigenvalue weighted by atomic mass is 79.9. The van der Waals surface area contributed by atoms with Gasteiger partial charge in [0.15, 0.2) is 0 Å². The molecule has 1 aromatic carbocycles. The molecular formula is C13H19BrN2. The van der Waals surface area contributed by atoms with Gasteiger partial charge in [0, 0.05) is 10.5 Å². The largest absolute Gasteiger partial charge is 0.330 e. The summed E-state index contributed by atoms with van der Waals surface area (Å²) in [6.07, 6.45) is 2.52. The lowest BCUT2D eigenvalue weighted by Gasteiger charge is -2.39. The smallest absolute Gasteiger partial charge is 0.0385 e. The van der Waals surface area contributed by atoms with Gasteiger partial charge in [-0.3, -0.25) is 4.90 Å². The molecule has 1 saturated heterocycles. The zero-order valence-electron chi connectivity index (χ0n) is 9.70. The van der Waals surface area contributed by atoms with Gasteiger partial charge in [-0.1, -0.05) is 28.1 Å². The second-order valence-electron chi connectivity index (χ2n) is 4.62. The molecule has 1 heterocycles. The Morgan fingerprint density at radius 2 is 2.06 bits per heavy atom. The topological polar surface area (TPSA) is 29.3 Å². The number of nitrogens with zero attached hydrogens (tertiary/aromatic N) is 1.